The first-order valence-corrected chi connectivity index (χ1v) is 5.48. The third-order valence-electron chi connectivity index (χ3n) is 2.60. The lowest BCUT2D eigenvalue weighted by atomic mass is 10.1. The van der Waals surface area contributed by atoms with E-state index in [0.29, 0.717) is 5.69 Å². The van der Waals surface area contributed by atoms with E-state index in [2.05, 4.69) is 5.32 Å². The highest BCUT2D eigenvalue weighted by molar-refractivity contribution is 5.50. The van der Waals surface area contributed by atoms with Gasteiger partial charge in [-0.2, -0.15) is 5.26 Å². The first kappa shape index (κ1) is 13.0. The lowest BCUT2D eigenvalue weighted by Gasteiger charge is -2.08. The van der Waals surface area contributed by atoms with Crippen LogP contribution in [-0.4, -0.2) is 0 Å². The maximum atomic E-state index is 13.4. The predicted molar refractivity (Wildman–Crippen MR) is 64.8 cm³/mol. The Labute approximate surface area is 108 Å². The van der Waals surface area contributed by atoms with Crippen LogP contribution < -0.4 is 5.32 Å². The van der Waals surface area contributed by atoms with Gasteiger partial charge < -0.3 is 5.32 Å². The number of halogens is 3. The summed E-state index contributed by atoms with van der Waals surface area (Å²) in [7, 11) is 0. The smallest absolute Gasteiger partial charge is 0.163 e. The molecule has 0 aliphatic heterocycles. The molecule has 19 heavy (non-hydrogen) atoms. The van der Waals surface area contributed by atoms with Crippen LogP contribution in [0.3, 0.4) is 0 Å². The molecular weight excluding hydrogens is 253 g/mol. The van der Waals surface area contributed by atoms with Crippen LogP contribution in [0.5, 0.6) is 0 Å². The van der Waals surface area contributed by atoms with Crippen molar-refractivity contribution in [3.05, 3.63) is 65.0 Å². The molecule has 0 aliphatic rings. The molecule has 0 radical (unpaired) electrons. The summed E-state index contributed by atoms with van der Waals surface area (Å²) in [6, 6.07) is 9.46. The summed E-state index contributed by atoms with van der Waals surface area (Å²) in [5.41, 5.74) is 0.508. The first-order chi connectivity index (χ1) is 9.11. The molecule has 0 spiro atoms. The van der Waals surface area contributed by atoms with Gasteiger partial charge in [-0.3, -0.25) is 0 Å². The minimum atomic E-state index is -0.920. The van der Waals surface area contributed by atoms with Gasteiger partial charge in [-0.05, 0) is 24.3 Å². The third kappa shape index (κ3) is 2.86. The number of hydrogen-bond donors (Lipinski definition) is 1. The number of nitrogens with zero attached hydrogens (tertiary/aromatic N) is 1. The van der Waals surface area contributed by atoms with Crippen molar-refractivity contribution in [2.45, 2.75) is 6.54 Å². The maximum Gasteiger partial charge on any atom is 0.163 e. The highest BCUT2D eigenvalue weighted by Crippen LogP contribution is 2.17. The second-order valence-electron chi connectivity index (χ2n) is 3.87. The lowest BCUT2D eigenvalue weighted by molar-refractivity contribution is 0.500. The van der Waals surface area contributed by atoms with Crippen molar-refractivity contribution in [3.8, 4) is 6.07 Å². The van der Waals surface area contributed by atoms with Gasteiger partial charge in [0, 0.05) is 17.8 Å². The Balaban J connectivity index is 2.15. The van der Waals surface area contributed by atoms with Crippen molar-refractivity contribution in [2.75, 3.05) is 5.32 Å². The zero-order valence-corrected chi connectivity index (χ0v) is 9.75. The van der Waals surface area contributed by atoms with Crippen molar-refractivity contribution in [2.24, 2.45) is 0 Å². The van der Waals surface area contributed by atoms with Crippen LogP contribution in [0.15, 0.2) is 36.4 Å². The Bertz CT molecular complexity index is 648. The second-order valence-corrected chi connectivity index (χ2v) is 3.87. The van der Waals surface area contributed by atoms with Crippen LogP contribution >= 0.6 is 0 Å². The van der Waals surface area contributed by atoms with Crippen LogP contribution in [0, 0.1) is 28.8 Å². The minimum Gasteiger partial charge on any atom is -0.381 e. The van der Waals surface area contributed by atoms with Gasteiger partial charge in [-0.1, -0.05) is 12.1 Å². The van der Waals surface area contributed by atoms with Crippen LogP contribution in [0.25, 0.3) is 0 Å². The number of benzene rings is 2. The maximum absolute atomic E-state index is 13.4. The number of hydrogen-bond acceptors (Lipinski definition) is 2. The highest BCUT2D eigenvalue weighted by atomic mass is 19.2. The molecule has 2 aromatic rings. The second kappa shape index (κ2) is 5.44. The molecule has 0 atom stereocenters. The third-order valence-corrected chi connectivity index (χ3v) is 2.60. The molecule has 0 aliphatic carbocycles. The Morgan fingerprint density at radius 2 is 1.84 bits per heavy atom. The molecule has 0 saturated heterocycles. The summed E-state index contributed by atoms with van der Waals surface area (Å²) in [6.45, 7) is 0.0418. The van der Waals surface area contributed by atoms with E-state index in [4.69, 9.17) is 5.26 Å². The van der Waals surface area contributed by atoms with Crippen molar-refractivity contribution in [1.82, 2.24) is 0 Å². The van der Waals surface area contributed by atoms with Crippen molar-refractivity contribution < 1.29 is 13.2 Å². The molecule has 0 bridgehead atoms. The zero-order chi connectivity index (χ0) is 13.8. The standard InChI is InChI=1S/C14H9F3N2/c15-12-5-4-11(6-10(12)7-18)19-8-9-2-1-3-13(16)14(9)17/h1-6,19H,8H2. The Hall–Kier alpha value is -2.48. The predicted octanol–water partition coefficient (Wildman–Crippen LogP) is 3.59. The number of nitrogens with one attached hydrogen (secondary N) is 1. The van der Waals surface area contributed by atoms with Gasteiger partial charge in [-0.25, -0.2) is 13.2 Å². The topological polar surface area (TPSA) is 35.8 Å². The van der Waals surface area contributed by atoms with Crippen molar-refractivity contribution >= 4 is 5.69 Å². The SMILES string of the molecule is N#Cc1cc(NCc2cccc(F)c2F)ccc1F. The normalized spacial score (nSPS) is 10.0. The molecule has 5 heteroatoms. The van der Waals surface area contributed by atoms with Gasteiger partial charge in [0.15, 0.2) is 11.6 Å². The molecule has 2 rings (SSSR count). The van der Waals surface area contributed by atoms with Crippen LogP contribution in [0.4, 0.5) is 18.9 Å². The fourth-order valence-electron chi connectivity index (χ4n) is 1.60. The molecule has 0 unspecified atom stereocenters. The van der Waals surface area contributed by atoms with E-state index < -0.39 is 17.5 Å². The molecule has 96 valence electrons. The van der Waals surface area contributed by atoms with Crippen molar-refractivity contribution in [3.63, 3.8) is 0 Å². The van der Waals surface area contributed by atoms with Gasteiger partial charge >= 0.3 is 0 Å². The Morgan fingerprint density at radius 1 is 1.05 bits per heavy atom. The van der Waals surface area contributed by atoms with Gasteiger partial charge in [0.25, 0.3) is 0 Å². The van der Waals surface area contributed by atoms with Crippen LogP contribution in [-0.2, 0) is 6.54 Å². The van der Waals surface area contributed by atoms with Crippen LogP contribution in [0.1, 0.15) is 11.1 Å². The van der Waals surface area contributed by atoms with Crippen LogP contribution in [0.2, 0.25) is 0 Å². The van der Waals surface area contributed by atoms with Gasteiger partial charge in [0.05, 0.1) is 5.56 Å². The first-order valence-electron chi connectivity index (χ1n) is 5.48. The Kier molecular flexibility index (Phi) is 3.71. The highest BCUT2D eigenvalue weighted by Gasteiger charge is 2.08. The number of anilines is 1. The average Bonchev–Trinajstić information content (AvgIpc) is 2.42. The average molecular weight is 262 g/mol. The van der Waals surface area contributed by atoms with E-state index in [1.165, 1.54) is 24.3 Å². The Morgan fingerprint density at radius 3 is 2.58 bits per heavy atom. The summed E-state index contributed by atoms with van der Waals surface area (Å²) < 4.78 is 39.5. The molecule has 0 heterocycles. The number of nitriles is 1. The van der Waals surface area contributed by atoms with Crippen molar-refractivity contribution in [1.29, 1.82) is 5.26 Å². The summed E-state index contributed by atoms with van der Waals surface area (Å²) in [4.78, 5) is 0. The molecular formula is C14H9F3N2. The van der Waals surface area contributed by atoms with E-state index in [9.17, 15) is 13.2 Å². The van der Waals surface area contributed by atoms with Gasteiger partial charge in [0.2, 0.25) is 0 Å². The molecule has 2 aromatic carbocycles. The van der Waals surface area contributed by atoms with E-state index in [1.807, 2.05) is 0 Å². The fraction of sp³-hybridized carbons (Fsp3) is 0.0714. The molecule has 0 amide bonds. The minimum absolute atomic E-state index is 0.0418. The van der Waals surface area contributed by atoms with E-state index in [-0.39, 0.29) is 17.7 Å². The van der Waals surface area contributed by atoms with E-state index in [1.54, 1.807) is 6.07 Å². The van der Waals surface area contributed by atoms with Gasteiger partial charge in [-0.15, -0.1) is 0 Å². The molecule has 1 N–H and O–H groups in total. The summed E-state index contributed by atoms with van der Waals surface area (Å²) in [5, 5.41) is 11.5. The van der Waals surface area contributed by atoms with E-state index >= 15 is 0 Å². The lowest BCUT2D eigenvalue weighted by Crippen LogP contribution is -2.03. The molecule has 0 aromatic heterocycles. The number of rotatable bonds is 3. The summed E-state index contributed by atoms with van der Waals surface area (Å²) in [5.74, 6) is -2.46. The molecule has 2 nitrogen and oxygen atoms in total. The fourth-order valence-corrected chi connectivity index (χ4v) is 1.60. The van der Waals surface area contributed by atoms with E-state index in [0.717, 1.165) is 12.1 Å². The molecule has 0 fully saturated rings. The largest absolute Gasteiger partial charge is 0.381 e. The summed E-state index contributed by atoms with van der Waals surface area (Å²) in [6.07, 6.45) is 0. The monoisotopic (exact) mass is 262 g/mol. The summed E-state index contributed by atoms with van der Waals surface area (Å²) >= 11 is 0. The van der Waals surface area contributed by atoms with Gasteiger partial charge in [0.1, 0.15) is 11.9 Å². The molecule has 0 saturated carbocycles. The zero-order valence-electron chi connectivity index (χ0n) is 9.75. The quantitative estimate of drug-likeness (QED) is 0.917.